The Morgan fingerprint density at radius 2 is 1.31 bits per heavy atom. The van der Waals surface area contributed by atoms with Crippen molar-refractivity contribution in [3.8, 4) is 0 Å². The van der Waals surface area contributed by atoms with Gasteiger partial charge in [-0.3, -0.25) is 0 Å². The third-order valence-electron chi connectivity index (χ3n) is 0.797. The normalized spacial score (nSPS) is 9.31. The van der Waals surface area contributed by atoms with Crippen molar-refractivity contribution in [2.24, 2.45) is 28.7 Å². The molecule has 0 heterocycles. The summed E-state index contributed by atoms with van der Waals surface area (Å²) in [5.41, 5.74) is 23.7. The molecule has 0 aromatic rings. The molecule has 0 aromatic carbocycles. The fourth-order valence-electron chi connectivity index (χ4n) is 0.401. The first-order chi connectivity index (χ1) is 7.45. The molecule has 0 saturated heterocycles. The van der Waals surface area contributed by atoms with Crippen LogP contribution in [0.2, 0.25) is 0 Å². The van der Waals surface area contributed by atoms with Crippen LogP contribution in [-0.4, -0.2) is 32.0 Å². The number of carbonyl (C=O) groups is 2. The van der Waals surface area contributed by atoms with E-state index in [1.165, 1.54) is 14.0 Å². The molecule has 0 spiro atoms. The van der Waals surface area contributed by atoms with Gasteiger partial charge in [0, 0.05) is 0 Å². The van der Waals surface area contributed by atoms with E-state index in [1.807, 2.05) is 6.92 Å². The van der Waals surface area contributed by atoms with Crippen LogP contribution in [0, 0.1) is 0 Å². The Bertz CT molecular complexity index is 120. The maximum atomic E-state index is 9.77. The van der Waals surface area contributed by atoms with Gasteiger partial charge in [-0.15, -0.1) is 0 Å². The predicted octanol–water partition coefficient (Wildman–Crippen LogP) is -1.76. The summed E-state index contributed by atoms with van der Waals surface area (Å²) in [6.45, 7) is 3.45. The van der Waals surface area contributed by atoms with Crippen molar-refractivity contribution in [2.75, 3.05) is 7.05 Å². The Kier molecular flexibility index (Phi) is 44.6. The number of rotatable bonds is 3. The third-order valence-corrected chi connectivity index (χ3v) is 0.797. The summed E-state index contributed by atoms with van der Waals surface area (Å²) >= 11 is 0. The third kappa shape index (κ3) is 113. The quantitative estimate of drug-likeness (QED) is 0.286. The van der Waals surface area contributed by atoms with Crippen LogP contribution in [0.25, 0.3) is 0 Å². The average Bonchev–Trinajstić information content (AvgIpc) is 2.21. The molecular weight excluding hydrogens is 210 g/mol. The van der Waals surface area contributed by atoms with Gasteiger partial charge < -0.3 is 38.3 Å². The second kappa shape index (κ2) is 29.2. The molecule has 0 saturated carbocycles. The lowest BCUT2D eigenvalue weighted by Crippen LogP contribution is -2.39. The van der Waals surface area contributed by atoms with Gasteiger partial charge in [-0.05, 0) is 20.4 Å². The van der Waals surface area contributed by atoms with Crippen molar-refractivity contribution in [3.05, 3.63) is 0 Å². The molecule has 7 nitrogen and oxygen atoms in total. The second-order valence-electron chi connectivity index (χ2n) is 2.40. The van der Waals surface area contributed by atoms with Crippen LogP contribution in [0.3, 0.4) is 0 Å². The SMILES string of the molecule is CC=O.CCCC(N)C=O.CN.NC(N)N. The summed E-state index contributed by atoms with van der Waals surface area (Å²) in [6.07, 6.45) is 2.66. The smallest absolute Gasteiger partial charge is 0.136 e. The molecule has 16 heavy (non-hydrogen) atoms. The van der Waals surface area contributed by atoms with E-state index in [9.17, 15) is 4.79 Å². The summed E-state index contributed by atoms with van der Waals surface area (Å²) in [7, 11) is 1.50. The number of nitrogens with two attached hydrogens (primary N) is 5. The highest BCUT2D eigenvalue weighted by Crippen LogP contribution is 1.87. The predicted molar refractivity (Wildman–Crippen MR) is 67.1 cm³/mol. The van der Waals surface area contributed by atoms with Crippen molar-refractivity contribution in [1.29, 1.82) is 0 Å². The molecule has 0 aromatic heterocycles. The van der Waals surface area contributed by atoms with Crippen LogP contribution in [0.15, 0.2) is 0 Å². The molecule has 0 bridgehead atoms. The summed E-state index contributed by atoms with van der Waals surface area (Å²) in [6, 6.07) is -0.231. The van der Waals surface area contributed by atoms with Gasteiger partial charge in [0.15, 0.2) is 0 Å². The lowest BCUT2D eigenvalue weighted by Gasteiger charge is -1.95. The average molecular weight is 237 g/mol. The van der Waals surface area contributed by atoms with Crippen molar-refractivity contribution in [3.63, 3.8) is 0 Å². The van der Waals surface area contributed by atoms with Crippen LogP contribution in [0.1, 0.15) is 26.7 Å². The Labute approximate surface area is 97.7 Å². The highest BCUT2D eigenvalue weighted by molar-refractivity contribution is 5.56. The van der Waals surface area contributed by atoms with Crippen LogP contribution in [0.5, 0.6) is 0 Å². The van der Waals surface area contributed by atoms with E-state index < -0.39 is 6.29 Å². The second-order valence-corrected chi connectivity index (χ2v) is 2.40. The molecule has 0 aliphatic heterocycles. The van der Waals surface area contributed by atoms with E-state index in [4.69, 9.17) is 10.5 Å². The zero-order chi connectivity index (χ0) is 14.0. The molecule has 0 aliphatic carbocycles. The van der Waals surface area contributed by atoms with Gasteiger partial charge in [-0.2, -0.15) is 0 Å². The minimum atomic E-state index is -0.667. The van der Waals surface area contributed by atoms with Gasteiger partial charge in [0.25, 0.3) is 0 Å². The Balaban J connectivity index is -0.0000000685. The van der Waals surface area contributed by atoms with Gasteiger partial charge >= 0.3 is 0 Å². The van der Waals surface area contributed by atoms with Gasteiger partial charge in [-0.1, -0.05) is 13.3 Å². The van der Waals surface area contributed by atoms with Crippen molar-refractivity contribution >= 4 is 12.6 Å². The summed E-state index contributed by atoms with van der Waals surface area (Å²) in [5, 5.41) is 0. The standard InChI is InChI=1S/C5H11NO.C2H4O.CH7N3.CH5N/c1-2-3-5(6)4-7;1-2-3;2-1(3)4;1-2/h4-5H,2-3,6H2,1H3;2H,1H3;1H,2-4H2;2H2,1H3. The van der Waals surface area contributed by atoms with Crippen LogP contribution in [0.4, 0.5) is 0 Å². The zero-order valence-corrected chi connectivity index (χ0v) is 10.4. The molecule has 0 radical (unpaired) electrons. The molecule has 0 amide bonds. The van der Waals surface area contributed by atoms with E-state index >= 15 is 0 Å². The van der Waals surface area contributed by atoms with Gasteiger partial charge in [0.05, 0.1) is 6.04 Å². The topological polar surface area (TPSA) is 164 Å². The first-order valence-electron chi connectivity index (χ1n) is 4.91. The lowest BCUT2D eigenvalue weighted by molar-refractivity contribution is -0.109. The first kappa shape index (κ1) is 24.4. The van der Waals surface area contributed by atoms with Crippen molar-refractivity contribution in [2.45, 2.75) is 39.0 Å². The molecule has 0 rings (SSSR count). The van der Waals surface area contributed by atoms with E-state index in [0.29, 0.717) is 0 Å². The van der Waals surface area contributed by atoms with Gasteiger partial charge in [0.1, 0.15) is 18.9 Å². The Hall–Kier alpha value is -0.860. The van der Waals surface area contributed by atoms with E-state index in [1.54, 1.807) is 0 Å². The maximum absolute atomic E-state index is 9.77. The minimum Gasteiger partial charge on any atom is -0.333 e. The van der Waals surface area contributed by atoms with Crippen molar-refractivity contribution in [1.82, 2.24) is 0 Å². The van der Waals surface area contributed by atoms with Crippen LogP contribution >= 0.6 is 0 Å². The monoisotopic (exact) mass is 237 g/mol. The van der Waals surface area contributed by atoms with E-state index in [0.717, 1.165) is 25.4 Å². The number of aldehydes is 2. The number of hydrogen-bond donors (Lipinski definition) is 5. The number of hydrogen-bond acceptors (Lipinski definition) is 7. The summed E-state index contributed by atoms with van der Waals surface area (Å²) in [5.74, 6) is 0. The van der Waals surface area contributed by atoms with E-state index in [-0.39, 0.29) is 6.04 Å². The summed E-state index contributed by atoms with van der Waals surface area (Å²) in [4.78, 5) is 18.6. The van der Waals surface area contributed by atoms with Crippen LogP contribution in [-0.2, 0) is 9.59 Å². The Morgan fingerprint density at radius 3 is 1.38 bits per heavy atom. The van der Waals surface area contributed by atoms with Crippen LogP contribution < -0.4 is 28.7 Å². The fraction of sp³-hybridized carbons (Fsp3) is 0.778. The molecule has 0 aliphatic rings. The molecular formula is C9H27N5O2. The first-order valence-corrected chi connectivity index (χ1v) is 4.91. The number of carbonyl (C=O) groups excluding carboxylic acids is 2. The fourth-order valence-corrected chi connectivity index (χ4v) is 0.401. The maximum Gasteiger partial charge on any atom is 0.136 e. The molecule has 10 N–H and O–H groups in total. The molecule has 0 fully saturated rings. The minimum absolute atomic E-state index is 0.231. The molecule has 7 heteroatoms. The molecule has 1 atom stereocenters. The van der Waals surface area contributed by atoms with E-state index in [2.05, 4.69) is 22.9 Å². The Morgan fingerprint density at radius 1 is 1.06 bits per heavy atom. The van der Waals surface area contributed by atoms with Crippen molar-refractivity contribution < 1.29 is 9.59 Å². The lowest BCUT2D eigenvalue weighted by atomic mass is 10.2. The summed E-state index contributed by atoms with van der Waals surface area (Å²) < 4.78 is 0. The largest absolute Gasteiger partial charge is 0.333 e. The highest BCUT2D eigenvalue weighted by atomic mass is 16.1. The molecule has 1 unspecified atom stereocenters. The zero-order valence-electron chi connectivity index (χ0n) is 10.4. The van der Waals surface area contributed by atoms with Gasteiger partial charge in [-0.25, -0.2) is 0 Å². The highest BCUT2D eigenvalue weighted by Gasteiger charge is 1.93. The van der Waals surface area contributed by atoms with Gasteiger partial charge in [0.2, 0.25) is 0 Å². The molecule has 100 valence electrons.